The molecule has 0 aromatic heterocycles. The Bertz CT molecular complexity index is 589. The van der Waals surface area contributed by atoms with Crippen LogP contribution >= 0.6 is 0 Å². The Kier molecular flexibility index (Phi) is 8.31. The van der Waals surface area contributed by atoms with Crippen LogP contribution in [0, 0.1) is 11.8 Å². The first-order valence-corrected chi connectivity index (χ1v) is 11.0. The maximum Gasteiger partial charge on any atom is 0.237 e. The van der Waals surface area contributed by atoms with Gasteiger partial charge in [-0.1, -0.05) is 75.3 Å². The van der Waals surface area contributed by atoms with Gasteiger partial charge in [0, 0.05) is 0 Å². The first-order valence-electron chi connectivity index (χ1n) is 11.0. The maximum absolute atomic E-state index is 12.8. The van der Waals surface area contributed by atoms with Gasteiger partial charge in [0.15, 0.2) is 0 Å². The number of carbonyl (C=O) groups excluding carboxylic acids is 1. The molecule has 1 aliphatic heterocycles. The molecule has 5 heteroatoms. The van der Waals surface area contributed by atoms with E-state index in [-0.39, 0.29) is 18.6 Å². The van der Waals surface area contributed by atoms with Crippen molar-refractivity contribution < 1.29 is 15.0 Å². The van der Waals surface area contributed by atoms with Crippen LogP contribution in [0.2, 0.25) is 0 Å². The van der Waals surface area contributed by atoms with Gasteiger partial charge in [-0.2, -0.15) is 0 Å². The predicted molar refractivity (Wildman–Crippen MR) is 111 cm³/mol. The van der Waals surface area contributed by atoms with Crippen molar-refractivity contribution in [1.29, 1.82) is 0 Å². The number of aliphatic hydroxyl groups is 2. The molecular weight excluding hydrogens is 352 g/mol. The maximum atomic E-state index is 12.8. The number of nitrogens with one attached hydrogen (secondary N) is 2. The molecule has 4 atom stereocenters. The van der Waals surface area contributed by atoms with E-state index >= 15 is 0 Å². The summed E-state index contributed by atoms with van der Waals surface area (Å²) >= 11 is 0. The summed E-state index contributed by atoms with van der Waals surface area (Å²) in [5.74, 6) is 1.36. The molecule has 1 unspecified atom stereocenters. The quantitative estimate of drug-likeness (QED) is 0.552. The van der Waals surface area contributed by atoms with E-state index in [1.54, 1.807) is 12.1 Å². The molecule has 156 valence electrons. The number of hydrogen-bond acceptors (Lipinski definition) is 4. The van der Waals surface area contributed by atoms with E-state index in [2.05, 4.69) is 10.6 Å². The molecule has 1 heterocycles. The van der Waals surface area contributed by atoms with E-state index in [0.29, 0.717) is 11.5 Å². The number of benzene rings is 1. The van der Waals surface area contributed by atoms with Gasteiger partial charge in [0.05, 0.1) is 18.7 Å². The number of carbonyl (C=O) groups is 1. The third-order valence-electron chi connectivity index (χ3n) is 6.58. The lowest BCUT2D eigenvalue weighted by atomic mass is 9.81. The van der Waals surface area contributed by atoms with E-state index in [9.17, 15) is 15.0 Å². The number of amides is 1. The minimum atomic E-state index is -0.916. The molecule has 1 aliphatic carbocycles. The smallest absolute Gasteiger partial charge is 0.237 e. The molecular formula is C23H36N2O3. The highest BCUT2D eigenvalue weighted by Gasteiger charge is 2.30. The highest BCUT2D eigenvalue weighted by atomic mass is 16.3. The Morgan fingerprint density at radius 3 is 2.50 bits per heavy atom. The molecule has 1 aromatic rings. The lowest BCUT2D eigenvalue weighted by Gasteiger charge is -2.32. The van der Waals surface area contributed by atoms with Crippen LogP contribution < -0.4 is 10.6 Å². The van der Waals surface area contributed by atoms with Gasteiger partial charge in [0.1, 0.15) is 6.10 Å². The summed E-state index contributed by atoms with van der Waals surface area (Å²) in [5, 5.41) is 26.4. The van der Waals surface area contributed by atoms with E-state index in [1.165, 1.54) is 44.9 Å². The fourth-order valence-corrected chi connectivity index (χ4v) is 4.80. The second-order valence-corrected chi connectivity index (χ2v) is 8.63. The highest BCUT2D eigenvalue weighted by Crippen LogP contribution is 2.31. The van der Waals surface area contributed by atoms with Crippen LogP contribution in [0.25, 0.3) is 0 Å². The van der Waals surface area contributed by atoms with Crippen LogP contribution in [0.1, 0.15) is 69.5 Å². The van der Waals surface area contributed by atoms with Crippen molar-refractivity contribution in [2.24, 2.45) is 11.8 Å². The monoisotopic (exact) mass is 388 g/mol. The Hall–Kier alpha value is -1.43. The topological polar surface area (TPSA) is 81.6 Å². The van der Waals surface area contributed by atoms with Crippen molar-refractivity contribution in [1.82, 2.24) is 10.6 Å². The summed E-state index contributed by atoms with van der Waals surface area (Å²) in [7, 11) is 0. The van der Waals surface area contributed by atoms with Crippen LogP contribution in [0.5, 0.6) is 0 Å². The first-order chi connectivity index (χ1) is 13.7. The lowest BCUT2D eigenvalue weighted by molar-refractivity contribution is -0.126. The first kappa shape index (κ1) is 21.3. The van der Waals surface area contributed by atoms with Crippen molar-refractivity contribution in [3.8, 4) is 0 Å². The van der Waals surface area contributed by atoms with Gasteiger partial charge in [-0.15, -0.1) is 0 Å². The molecule has 0 spiro atoms. The van der Waals surface area contributed by atoms with E-state index in [0.717, 1.165) is 25.3 Å². The SMILES string of the molecule is O=C(NC(CO)[C@H](O)c1ccccc1)[C@@H]1C[C@H](CCC2CCCCC2)CCN1. The second kappa shape index (κ2) is 10.9. The molecule has 4 N–H and O–H groups in total. The Balaban J connectivity index is 1.48. The zero-order chi connectivity index (χ0) is 19.8. The average Bonchev–Trinajstić information content (AvgIpc) is 2.77. The van der Waals surface area contributed by atoms with Gasteiger partial charge in [-0.25, -0.2) is 0 Å². The molecule has 0 radical (unpaired) electrons. The van der Waals surface area contributed by atoms with Crippen molar-refractivity contribution in [3.63, 3.8) is 0 Å². The Morgan fingerprint density at radius 2 is 1.79 bits per heavy atom. The Labute approximate surface area is 168 Å². The summed E-state index contributed by atoms with van der Waals surface area (Å²) in [6.07, 6.45) is 10.5. The summed E-state index contributed by atoms with van der Waals surface area (Å²) in [6.45, 7) is 0.568. The van der Waals surface area contributed by atoms with Gasteiger partial charge < -0.3 is 20.8 Å². The van der Waals surface area contributed by atoms with Crippen LogP contribution in [0.4, 0.5) is 0 Å². The molecule has 1 saturated carbocycles. The zero-order valence-corrected chi connectivity index (χ0v) is 16.9. The van der Waals surface area contributed by atoms with Gasteiger partial charge in [-0.3, -0.25) is 4.79 Å². The van der Waals surface area contributed by atoms with Crippen molar-refractivity contribution >= 4 is 5.91 Å². The summed E-state index contributed by atoms with van der Waals surface area (Å²) in [6, 6.07) is 8.24. The molecule has 0 bridgehead atoms. The summed E-state index contributed by atoms with van der Waals surface area (Å²) in [5.41, 5.74) is 0.698. The van der Waals surface area contributed by atoms with E-state index in [1.807, 2.05) is 18.2 Å². The van der Waals surface area contributed by atoms with E-state index in [4.69, 9.17) is 0 Å². The van der Waals surface area contributed by atoms with Crippen LogP contribution in [-0.4, -0.2) is 41.4 Å². The summed E-state index contributed by atoms with van der Waals surface area (Å²) in [4.78, 5) is 12.8. The fourth-order valence-electron chi connectivity index (χ4n) is 4.80. The summed E-state index contributed by atoms with van der Waals surface area (Å²) < 4.78 is 0. The van der Waals surface area contributed by atoms with Gasteiger partial charge in [0.2, 0.25) is 5.91 Å². The molecule has 28 heavy (non-hydrogen) atoms. The number of rotatable bonds is 8. The fraction of sp³-hybridized carbons (Fsp3) is 0.696. The van der Waals surface area contributed by atoms with Crippen LogP contribution in [0.3, 0.4) is 0 Å². The molecule has 2 aliphatic rings. The van der Waals surface area contributed by atoms with Gasteiger partial charge in [0.25, 0.3) is 0 Å². The van der Waals surface area contributed by atoms with E-state index < -0.39 is 12.1 Å². The highest BCUT2D eigenvalue weighted by molar-refractivity contribution is 5.82. The standard InChI is InChI=1S/C23H36N2O3/c26-16-21(22(27)19-9-5-2-6-10-19)25-23(28)20-15-18(13-14-24-20)12-11-17-7-3-1-4-8-17/h2,5-6,9-10,17-18,20-22,24,26-27H,1,3-4,7-8,11-16H2,(H,25,28)/t18-,20+,21?,22-/m1/s1. The molecule has 1 amide bonds. The van der Waals surface area contributed by atoms with Crippen molar-refractivity contribution in [2.45, 2.75) is 76.0 Å². The number of hydrogen-bond donors (Lipinski definition) is 4. The molecule has 1 saturated heterocycles. The Morgan fingerprint density at radius 1 is 1.07 bits per heavy atom. The van der Waals surface area contributed by atoms with Crippen molar-refractivity contribution in [3.05, 3.63) is 35.9 Å². The average molecular weight is 389 g/mol. The number of piperidine rings is 1. The minimum absolute atomic E-state index is 0.114. The number of aliphatic hydroxyl groups excluding tert-OH is 2. The molecule has 3 rings (SSSR count). The van der Waals surface area contributed by atoms with Crippen LogP contribution in [0.15, 0.2) is 30.3 Å². The third kappa shape index (κ3) is 6.03. The second-order valence-electron chi connectivity index (χ2n) is 8.63. The largest absolute Gasteiger partial charge is 0.394 e. The van der Waals surface area contributed by atoms with Crippen molar-refractivity contribution in [2.75, 3.05) is 13.2 Å². The van der Waals surface area contributed by atoms with Gasteiger partial charge in [-0.05, 0) is 36.8 Å². The van der Waals surface area contributed by atoms with Crippen LogP contribution in [-0.2, 0) is 4.79 Å². The lowest BCUT2D eigenvalue weighted by Crippen LogP contribution is -2.53. The zero-order valence-electron chi connectivity index (χ0n) is 16.9. The molecule has 5 nitrogen and oxygen atoms in total. The van der Waals surface area contributed by atoms with Gasteiger partial charge >= 0.3 is 0 Å². The molecule has 1 aromatic carbocycles. The molecule has 2 fully saturated rings. The normalized spacial score (nSPS) is 25.8. The predicted octanol–water partition coefficient (Wildman–Crippen LogP) is 2.93. The minimum Gasteiger partial charge on any atom is -0.394 e. The third-order valence-corrected chi connectivity index (χ3v) is 6.58.